The molecule has 0 bridgehead atoms. The summed E-state index contributed by atoms with van der Waals surface area (Å²) >= 11 is 3.89. The minimum Gasteiger partial charge on any atom is -0.458 e. The molecule has 0 heterocycles. The fourth-order valence-electron chi connectivity index (χ4n) is 7.66. The molecule has 0 aromatic rings. The van der Waals surface area contributed by atoms with E-state index in [9.17, 15) is 19.2 Å². The lowest BCUT2D eigenvalue weighted by atomic mass is 9.44. The number of rotatable bonds is 3. The zero-order valence-electron chi connectivity index (χ0n) is 17.5. The van der Waals surface area contributed by atoms with Crippen LogP contribution in [0.25, 0.3) is 0 Å². The second kappa shape index (κ2) is 7.28. The van der Waals surface area contributed by atoms with Crippen LogP contribution in [0.15, 0.2) is 0 Å². The third-order valence-electron chi connectivity index (χ3n) is 8.94. The standard InChI is InChI=1S/C23H31BrO5/c1-12(25)29-11-20(28)16-5-4-15-14-9-18(24)17-8-13(26)6-7-22(17,2)21(14)19(27)10-23(15,16)3/h14-18,21H,4-11H2,1-3H3/t14-,15-,16+,17?,18?,21+,22-,23-/m0/s1. The Labute approximate surface area is 180 Å². The second-order valence-corrected chi connectivity index (χ2v) is 11.6. The van der Waals surface area contributed by atoms with Crippen molar-refractivity contribution in [2.75, 3.05) is 6.61 Å². The van der Waals surface area contributed by atoms with Crippen molar-refractivity contribution in [3.8, 4) is 0 Å². The minimum atomic E-state index is -0.446. The molecule has 4 aliphatic carbocycles. The van der Waals surface area contributed by atoms with Crippen molar-refractivity contribution >= 4 is 39.2 Å². The molecule has 8 atom stereocenters. The van der Waals surface area contributed by atoms with Crippen LogP contribution in [0.5, 0.6) is 0 Å². The molecular weight excluding hydrogens is 436 g/mol. The smallest absolute Gasteiger partial charge is 0.303 e. The quantitative estimate of drug-likeness (QED) is 0.465. The molecule has 4 saturated carbocycles. The van der Waals surface area contributed by atoms with E-state index < -0.39 is 5.97 Å². The van der Waals surface area contributed by atoms with Gasteiger partial charge in [-0.2, -0.15) is 0 Å². The van der Waals surface area contributed by atoms with E-state index in [2.05, 4.69) is 29.8 Å². The van der Waals surface area contributed by atoms with E-state index in [-0.39, 0.29) is 57.5 Å². The number of carbonyl (C=O) groups is 4. The van der Waals surface area contributed by atoms with Crippen LogP contribution in [0.1, 0.15) is 65.7 Å². The summed E-state index contributed by atoms with van der Waals surface area (Å²) in [6.45, 7) is 5.46. The predicted octanol–water partition coefficient (Wildman–Crippen LogP) is 3.90. The molecular formula is C23H31BrO5. The van der Waals surface area contributed by atoms with Gasteiger partial charge in [0.15, 0.2) is 5.78 Å². The summed E-state index contributed by atoms with van der Waals surface area (Å²) in [4.78, 5) is 49.9. The SMILES string of the molecule is CC(=O)OCC(=O)[C@H]1CC[C@H]2[C@@H]3CC(Br)C4CC(=O)CC[C@]4(C)[C@H]3C(=O)C[C@]12C. The molecule has 2 unspecified atom stereocenters. The van der Waals surface area contributed by atoms with Crippen molar-refractivity contribution in [2.45, 2.75) is 70.5 Å². The number of ether oxygens (including phenoxy) is 1. The number of carbonyl (C=O) groups excluding carboxylic acids is 4. The van der Waals surface area contributed by atoms with Gasteiger partial charge in [-0.3, -0.25) is 19.2 Å². The van der Waals surface area contributed by atoms with E-state index in [4.69, 9.17) is 4.74 Å². The van der Waals surface area contributed by atoms with E-state index in [0.29, 0.717) is 31.0 Å². The Morgan fingerprint density at radius 1 is 1.14 bits per heavy atom. The molecule has 0 N–H and O–H groups in total. The molecule has 6 heteroatoms. The van der Waals surface area contributed by atoms with E-state index in [1.165, 1.54) is 6.92 Å². The Balaban J connectivity index is 1.62. The molecule has 4 rings (SSSR count). The van der Waals surface area contributed by atoms with Gasteiger partial charge in [0.2, 0.25) is 0 Å². The Morgan fingerprint density at radius 2 is 1.86 bits per heavy atom. The first-order chi connectivity index (χ1) is 13.6. The summed E-state index contributed by atoms with van der Waals surface area (Å²) in [5, 5.41) is 0. The van der Waals surface area contributed by atoms with Gasteiger partial charge in [0, 0.05) is 42.8 Å². The molecule has 29 heavy (non-hydrogen) atoms. The van der Waals surface area contributed by atoms with Crippen LogP contribution >= 0.6 is 15.9 Å². The number of hydrogen-bond acceptors (Lipinski definition) is 5. The average molecular weight is 467 g/mol. The fourth-order valence-corrected chi connectivity index (χ4v) is 8.89. The monoisotopic (exact) mass is 466 g/mol. The summed E-state index contributed by atoms with van der Waals surface area (Å²) in [5.74, 6) is 0.689. The zero-order chi connectivity index (χ0) is 21.1. The number of alkyl halides is 1. The van der Waals surface area contributed by atoms with Crippen LogP contribution in [-0.4, -0.2) is 34.8 Å². The van der Waals surface area contributed by atoms with Crippen molar-refractivity contribution in [1.82, 2.24) is 0 Å². The molecule has 0 radical (unpaired) electrons. The van der Waals surface area contributed by atoms with Crippen molar-refractivity contribution in [3.05, 3.63) is 0 Å². The lowest BCUT2D eigenvalue weighted by Crippen LogP contribution is -2.60. The molecule has 5 nitrogen and oxygen atoms in total. The van der Waals surface area contributed by atoms with Crippen LogP contribution in [0.2, 0.25) is 0 Å². The van der Waals surface area contributed by atoms with Gasteiger partial charge in [-0.15, -0.1) is 0 Å². The highest BCUT2D eigenvalue weighted by molar-refractivity contribution is 9.09. The molecule has 4 aliphatic rings. The third-order valence-corrected chi connectivity index (χ3v) is 9.96. The van der Waals surface area contributed by atoms with Gasteiger partial charge in [0.1, 0.15) is 18.2 Å². The largest absolute Gasteiger partial charge is 0.458 e. The van der Waals surface area contributed by atoms with Gasteiger partial charge >= 0.3 is 5.97 Å². The van der Waals surface area contributed by atoms with Crippen molar-refractivity contribution in [3.63, 3.8) is 0 Å². The summed E-state index contributed by atoms with van der Waals surface area (Å²) < 4.78 is 4.98. The van der Waals surface area contributed by atoms with Crippen LogP contribution < -0.4 is 0 Å². The molecule has 0 spiro atoms. The van der Waals surface area contributed by atoms with Crippen LogP contribution in [0, 0.1) is 40.4 Å². The second-order valence-electron chi connectivity index (χ2n) is 10.4. The van der Waals surface area contributed by atoms with Crippen LogP contribution in [0.4, 0.5) is 0 Å². The summed E-state index contributed by atoms with van der Waals surface area (Å²) in [5.41, 5.74) is -0.487. The van der Waals surface area contributed by atoms with Gasteiger partial charge in [-0.25, -0.2) is 0 Å². The molecule has 0 aromatic carbocycles. The number of esters is 1. The van der Waals surface area contributed by atoms with E-state index in [0.717, 1.165) is 25.7 Å². The van der Waals surface area contributed by atoms with Crippen molar-refractivity contribution in [2.24, 2.45) is 40.4 Å². The highest BCUT2D eigenvalue weighted by Gasteiger charge is 2.65. The van der Waals surface area contributed by atoms with Gasteiger partial charge in [0.25, 0.3) is 0 Å². The van der Waals surface area contributed by atoms with Gasteiger partial charge in [-0.05, 0) is 54.3 Å². The number of Topliss-reactive ketones (excluding diaryl/α,β-unsaturated/α-hetero) is 3. The number of fused-ring (bicyclic) bond motifs is 5. The molecule has 0 aliphatic heterocycles. The Bertz CT molecular complexity index is 762. The van der Waals surface area contributed by atoms with Crippen molar-refractivity contribution in [1.29, 1.82) is 0 Å². The molecule has 0 amide bonds. The molecule has 160 valence electrons. The van der Waals surface area contributed by atoms with Gasteiger partial charge < -0.3 is 4.74 Å². The predicted molar refractivity (Wildman–Crippen MR) is 110 cm³/mol. The first kappa shape index (κ1) is 21.2. The van der Waals surface area contributed by atoms with Gasteiger partial charge in [0.05, 0.1) is 0 Å². The highest BCUT2D eigenvalue weighted by atomic mass is 79.9. The average Bonchev–Trinajstić information content (AvgIpc) is 2.97. The minimum absolute atomic E-state index is 0.00482. The first-order valence-corrected chi connectivity index (χ1v) is 11.8. The summed E-state index contributed by atoms with van der Waals surface area (Å²) in [7, 11) is 0. The molecule has 0 saturated heterocycles. The fraction of sp³-hybridized carbons (Fsp3) is 0.826. The maximum Gasteiger partial charge on any atom is 0.303 e. The van der Waals surface area contributed by atoms with Crippen molar-refractivity contribution < 1.29 is 23.9 Å². The number of hydrogen-bond donors (Lipinski definition) is 0. The summed E-state index contributed by atoms with van der Waals surface area (Å²) in [6, 6.07) is 0. The Hall–Kier alpha value is -1.04. The van der Waals surface area contributed by atoms with Gasteiger partial charge in [-0.1, -0.05) is 29.8 Å². The maximum absolute atomic E-state index is 13.6. The maximum atomic E-state index is 13.6. The third kappa shape index (κ3) is 3.24. The molecule has 4 fully saturated rings. The summed E-state index contributed by atoms with van der Waals surface area (Å²) in [6.07, 6.45) is 4.99. The van der Waals surface area contributed by atoms with Crippen LogP contribution in [-0.2, 0) is 23.9 Å². The lowest BCUT2D eigenvalue weighted by Gasteiger charge is -2.60. The molecule has 0 aromatic heterocycles. The number of ketones is 3. The van der Waals surface area contributed by atoms with Crippen LogP contribution in [0.3, 0.4) is 0 Å². The Kier molecular flexibility index (Phi) is 5.32. The van der Waals surface area contributed by atoms with E-state index in [1.54, 1.807) is 0 Å². The Morgan fingerprint density at radius 3 is 2.55 bits per heavy atom. The highest BCUT2D eigenvalue weighted by Crippen LogP contribution is 2.67. The zero-order valence-corrected chi connectivity index (χ0v) is 19.1. The van der Waals surface area contributed by atoms with E-state index >= 15 is 0 Å². The van der Waals surface area contributed by atoms with E-state index in [1.807, 2.05) is 0 Å². The lowest BCUT2D eigenvalue weighted by molar-refractivity contribution is -0.162. The number of halogens is 1. The first-order valence-electron chi connectivity index (χ1n) is 10.9. The topological polar surface area (TPSA) is 77.5 Å². The normalized spacial score (nSPS) is 46.5.